The highest BCUT2D eigenvalue weighted by Crippen LogP contribution is 2.29. The molecule has 1 aliphatic rings. The third kappa shape index (κ3) is 4.11. The molecule has 136 valence electrons. The molecule has 2 aromatic rings. The molecule has 0 aliphatic carbocycles. The van der Waals surface area contributed by atoms with E-state index in [0.717, 1.165) is 6.42 Å². The molecule has 0 atom stereocenters. The van der Waals surface area contributed by atoms with Gasteiger partial charge in [-0.05, 0) is 42.8 Å². The molecule has 2 amide bonds. The summed E-state index contributed by atoms with van der Waals surface area (Å²) in [7, 11) is 0. The van der Waals surface area contributed by atoms with Crippen LogP contribution in [0, 0.1) is 0 Å². The van der Waals surface area contributed by atoms with Crippen LogP contribution in [0.5, 0.6) is 5.75 Å². The molecule has 8 heteroatoms. The lowest BCUT2D eigenvalue weighted by atomic mass is 10.1. The number of alkyl halides is 2. The molecule has 1 heterocycles. The predicted molar refractivity (Wildman–Crippen MR) is 94.1 cm³/mol. The maximum atomic E-state index is 12.4. The maximum absolute atomic E-state index is 12.4. The first-order chi connectivity index (χ1) is 12.4. The Morgan fingerprint density at radius 1 is 1.23 bits per heavy atom. The number of carbonyl (C=O) groups excluding carboxylic acids is 2. The zero-order chi connectivity index (χ0) is 18.7. The van der Waals surface area contributed by atoms with Crippen LogP contribution in [-0.2, 0) is 4.79 Å². The van der Waals surface area contributed by atoms with E-state index in [0.29, 0.717) is 29.9 Å². The predicted octanol–water partition coefficient (Wildman–Crippen LogP) is 4.32. The second-order valence-corrected chi connectivity index (χ2v) is 6.08. The summed E-state index contributed by atoms with van der Waals surface area (Å²) in [6.45, 7) is -2.35. The molecule has 0 spiro atoms. The van der Waals surface area contributed by atoms with Crippen molar-refractivity contribution in [1.82, 2.24) is 0 Å². The van der Waals surface area contributed by atoms with Crippen molar-refractivity contribution < 1.29 is 23.1 Å². The first-order valence-electron chi connectivity index (χ1n) is 7.90. The summed E-state index contributed by atoms with van der Waals surface area (Å²) in [5.74, 6) is -0.546. The number of hydrogen-bond donors (Lipinski definition) is 1. The smallest absolute Gasteiger partial charge is 0.387 e. The Bertz CT molecular complexity index is 845. The third-order valence-corrected chi connectivity index (χ3v) is 4.19. The molecule has 2 aromatic carbocycles. The topological polar surface area (TPSA) is 58.6 Å². The molecule has 1 fully saturated rings. The number of carbonyl (C=O) groups is 2. The van der Waals surface area contributed by atoms with Crippen molar-refractivity contribution >= 4 is 34.8 Å². The minimum absolute atomic E-state index is 0.0314. The molecule has 1 aliphatic heterocycles. The van der Waals surface area contributed by atoms with Gasteiger partial charge in [0.1, 0.15) is 5.75 Å². The molecule has 0 radical (unpaired) electrons. The molecule has 0 aromatic heterocycles. The van der Waals surface area contributed by atoms with Gasteiger partial charge in [0.15, 0.2) is 0 Å². The van der Waals surface area contributed by atoms with Crippen LogP contribution in [0.15, 0.2) is 42.5 Å². The van der Waals surface area contributed by atoms with Gasteiger partial charge in [0.2, 0.25) is 5.91 Å². The number of nitrogens with zero attached hydrogens (tertiary/aromatic N) is 1. The van der Waals surface area contributed by atoms with E-state index in [9.17, 15) is 18.4 Å². The van der Waals surface area contributed by atoms with Crippen LogP contribution in [0.3, 0.4) is 0 Å². The highest BCUT2D eigenvalue weighted by molar-refractivity contribution is 6.32. The number of amides is 2. The van der Waals surface area contributed by atoms with Crippen molar-refractivity contribution in [2.45, 2.75) is 19.5 Å². The molecular formula is C18H15ClF2N2O3. The summed E-state index contributed by atoms with van der Waals surface area (Å²) in [4.78, 5) is 25.9. The molecule has 0 saturated carbocycles. The van der Waals surface area contributed by atoms with Crippen molar-refractivity contribution in [3.63, 3.8) is 0 Å². The van der Waals surface area contributed by atoms with E-state index in [4.69, 9.17) is 11.6 Å². The highest BCUT2D eigenvalue weighted by atomic mass is 35.5. The second kappa shape index (κ2) is 7.70. The minimum atomic E-state index is -2.98. The van der Waals surface area contributed by atoms with Gasteiger partial charge in [0.05, 0.1) is 5.02 Å². The van der Waals surface area contributed by atoms with E-state index >= 15 is 0 Å². The maximum Gasteiger partial charge on any atom is 0.387 e. The number of hydrogen-bond acceptors (Lipinski definition) is 3. The second-order valence-electron chi connectivity index (χ2n) is 5.68. The number of ether oxygens (including phenoxy) is 1. The summed E-state index contributed by atoms with van der Waals surface area (Å²) in [5, 5.41) is 2.60. The summed E-state index contributed by atoms with van der Waals surface area (Å²) in [6, 6.07) is 10.7. The average Bonchev–Trinajstić information content (AvgIpc) is 3.03. The summed E-state index contributed by atoms with van der Waals surface area (Å²) < 4.78 is 28.8. The number of nitrogens with one attached hydrogen (secondary N) is 1. The van der Waals surface area contributed by atoms with Crippen LogP contribution < -0.4 is 15.0 Å². The summed E-state index contributed by atoms with van der Waals surface area (Å²) in [6.07, 6.45) is 1.29. The highest BCUT2D eigenvalue weighted by Gasteiger charge is 2.22. The summed E-state index contributed by atoms with van der Waals surface area (Å²) in [5.41, 5.74) is 1.37. The van der Waals surface area contributed by atoms with Gasteiger partial charge in [-0.25, -0.2) is 0 Å². The van der Waals surface area contributed by atoms with E-state index < -0.39 is 12.5 Å². The largest absolute Gasteiger partial charge is 0.433 e. The van der Waals surface area contributed by atoms with Crippen molar-refractivity contribution in [1.29, 1.82) is 0 Å². The van der Waals surface area contributed by atoms with Crippen molar-refractivity contribution in [2.24, 2.45) is 0 Å². The fraction of sp³-hybridized carbons (Fsp3) is 0.222. The van der Waals surface area contributed by atoms with Crippen LogP contribution in [0.2, 0.25) is 5.02 Å². The Hall–Kier alpha value is -2.67. The fourth-order valence-corrected chi connectivity index (χ4v) is 2.93. The van der Waals surface area contributed by atoms with Crippen molar-refractivity contribution in [3.05, 3.63) is 53.1 Å². The zero-order valence-electron chi connectivity index (χ0n) is 13.5. The minimum Gasteiger partial charge on any atom is -0.433 e. The molecule has 1 saturated heterocycles. The van der Waals surface area contributed by atoms with Gasteiger partial charge in [0, 0.05) is 29.9 Å². The SMILES string of the molecule is O=C(Nc1ccc(OC(F)F)c(Cl)c1)c1cccc(N2CCCC2=O)c1. The molecule has 0 bridgehead atoms. The molecule has 5 nitrogen and oxygen atoms in total. The van der Waals surface area contributed by atoms with E-state index in [1.54, 1.807) is 29.2 Å². The Labute approximate surface area is 153 Å². The Morgan fingerprint density at radius 2 is 2.04 bits per heavy atom. The Kier molecular flexibility index (Phi) is 5.37. The lowest BCUT2D eigenvalue weighted by Crippen LogP contribution is -2.24. The number of anilines is 2. The van der Waals surface area contributed by atoms with Crippen LogP contribution >= 0.6 is 11.6 Å². The lowest BCUT2D eigenvalue weighted by molar-refractivity contribution is -0.117. The van der Waals surface area contributed by atoms with Crippen LogP contribution in [0.1, 0.15) is 23.2 Å². The van der Waals surface area contributed by atoms with E-state index in [2.05, 4.69) is 10.1 Å². The molecule has 3 rings (SSSR count). The average molecular weight is 381 g/mol. The normalized spacial score (nSPS) is 14.0. The number of rotatable bonds is 5. The van der Waals surface area contributed by atoms with Crippen LogP contribution in [0.4, 0.5) is 20.2 Å². The third-order valence-electron chi connectivity index (χ3n) is 3.90. The number of benzene rings is 2. The lowest BCUT2D eigenvalue weighted by Gasteiger charge is -2.16. The van der Waals surface area contributed by atoms with Gasteiger partial charge in [-0.1, -0.05) is 17.7 Å². The van der Waals surface area contributed by atoms with Gasteiger partial charge in [0.25, 0.3) is 5.91 Å². The molecule has 1 N–H and O–H groups in total. The first kappa shape index (κ1) is 18.1. The molecule has 0 unspecified atom stereocenters. The van der Waals surface area contributed by atoms with Crippen molar-refractivity contribution in [2.75, 3.05) is 16.8 Å². The summed E-state index contributed by atoms with van der Waals surface area (Å²) >= 11 is 5.88. The fourth-order valence-electron chi connectivity index (χ4n) is 2.71. The van der Waals surface area contributed by atoms with Gasteiger partial charge in [-0.2, -0.15) is 8.78 Å². The first-order valence-corrected chi connectivity index (χ1v) is 8.28. The monoisotopic (exact) mass is 380 g/mol. The van der Waals surface area contributed by atoms with Gasteiger partial charge in [-0.3, -0.25) is 9.59 Å². The Morgan fingerprint density at radius 3 is 2.69 bits per heavy atom. The van der Waals surface area contributed by atoms with Gasteiger partial charge < -0.3 is 15.0 Å². The van der Waals surface area contributed by atoms with Gasteiger partial charge >= 0.3 is 6.61 Å². The Balaban J connectivity index is 1.74. The number of halogens is 3. The van der Waals surface area contributed by atoms with Crippen molar-refractivity contribution in [3.8, 4) is 5.75 Å². The van der Waals surface area contributed by atoms with Crippen LogP contribution in [0.25, 0.3) is 0 Å². The standard InChI is InChI=1S/C18H15ClF2N2O3/c19-14-10-12(6-7-15(14)26-18(20)21)22-17(25)11-3-1-4-13(9-11)23-8-2-5-16(23)24/h1,3-4,6-7,9-10,18H,2,5,8H2,(H,22,25). The molecule has 26 heavy (non-hydrogen) atoms. The molecular weight excluding hydrogens is 366 g/mol. The quantitative estimate of drug-likeness (QED) is 0.840. The van der Waals surface area contributed by atoms with E-state index in [1.165, 1.54) is 18.2 Å². The van der Waals surface area contributed by atoms with E-state index in [-0.39, 0.29) is 16.7 Å². The van der Waals surface area contributed by atoms with Crippen LogP contribution in [-0.4, -0.2) is 25.0 Å². The van der Waals surface area contributed by atoms with Gasteiger partial charge in [-0.15, -0.1) is 0 Å². The van der Waals surface area contributed by atoms with E-state index in [1.807, 2.05) is 0 Å². The zero-order valence-corrected chi connectivity index (χ0v) is 14.3.